The van der Waals surface area contributed by atoms with Gasteiger partial charge in [0.1, 0.15) is 11.8 Å². The minimum Gasteiger partial charge on any atom is -0.495 e. The molecule has 0 aliphatic carbocycles. The Hall–Kier alpha value is -2.06. The number of rotatable bonds is 4. The summed E-state index contributed by atoms with van der Waals surface area (Å²) in [5, 5.41) is 9.09. The van der Waals surface area contributed by atoms with Crippen molar-refractivity contribution in [1.82, 2.24) is 4.90 Å². The SMILES string of the molecule is COc1ccc(CN2CCCC(C(N)=O)C2)cc1C#N. The van der Waals surface area contributed by atoms with Crippen LogP contribution in [0.15, 0.2) is 18.2 Å². The average molecular weight is 273 g/mol. The number of ether oxygens (including phenoxy) is 1. The standard InChI is InChI=1S/C15H19N3O2/c1-20-14-5-4-11(7-13(14)8-16)9-18-6-2-3-12(10-18)15(17)19/h4-5,7,12H,2-3,6,9-10H2,1H3,(H2,17,19). The Morgan fingerprint density at radius 1 is 1.60 bits per heavy atom. The van der Waals surface area contributed by atoms with Gasteiger partial charge in [-0.3, -0.25) is 9.69 Å². The number of hydrogen-bond acceptors (Lipinski definition) is 4. The number of carbonyl (C=O) groups is 1. The first kappa shape index (κ1) is 14.4. The van der Waals surface area contributed by atoms with Crippen LogP contribution in [0.25, 0.3) is 0 Å². The molecule has 1 aliphatic rings. The third kappa shape index (κ3) is 3.28. The molecule has 1 aromatic carbocycles. The van der Waals surface area contributed by atoms with E-state index in [1.54, 1.807) is 7.11 Å². The molecule has 2 N–H and O–H groups in total. The number of primary amides is 1. The molecule has 1 aliphatic heterocycles. The van der Waals surface area contributed by atoms with E-state index < -0.39 is 0 Å². The summed E-state index contributed by atoms with van der Waals surface area (Å²) in [5.41, 5.74) is 6.97. The van der Waals surface area contributed by atoms with Crippen LogP contribution in [0.3, 0.4) is 0 Å². The number of methoxy groups -OCH3 is 1. The van der Waals surface area contributed by atoms with Crippen molar-refractivity contribution in [3.8, 4) is 11.8 Å². The van der Waals surface area contributed by atoms with E-state index in [1.165, 1.54) is 0 Å². The van der Waals surface area contributed by atoms with E-state index >= 15 is 0 Å². The van der Waals surface area contributed by atoms with Crippen molar-refractivity contribution in [3.63, 3.8) is 0 Å². The van der Waals surface area contributed by atoms with Crippen molar-refractivity contribution in [1.29, 1.82) is 5.26 Å². The smallest absolute Gasteiger partial charge is 0.221 e. The summed E-state index contributed by atoms with van der Waals surface area (Å²) in [6.07, 6.45) is 1.85. The van der Waals surface area contributed by atoms with Gasteiger partial charge in [0.2, 0.25) is 5.91 Å². The molecule has 5 nitrogen and oxygen atoms in total. The highest BCUT2D eigenvalue weighted by molar-refractivity contribution is 5.76. The molecular formula is C15H19N3O2. The zero-order valence-corrected chi connectivity index (χ0v) is 11.6. The quantitative estimate of drug-likeness (QED) is 0.895. The number of benzene rings is 1. The van der Waals surface area contributed by atoms with Crippen LogP contribution in [-0.2, 0) is 11.3 Å². The van der Waals surface area contributed by atoms with Crippen LogP contribution in [0.5, 0.6) is 5.75 Å². The normalized spacial score (nSPS) is 19.3. The van der Waals surface area contributed by atoms with Crippen molar-refractivity contribution < 1.29 is 9.53 Å². The van der Waals surface area contributed by atoms with Crippen LogP contribution in [0, 0.1) is 17.2 Å². The molecule has 1 fully saturated rings. The fourth-order valence-corrected chi connectivity index (χ4v) is 2.63. The van der Waals surface area contributed by atoms with Gasteiger partial charge >= 0.3 is 0 Å². The van der Waals surface area contributed by atoms with Gasteiger partial charge in [-0.15, -0.1) is 0 Å². The molecule has 0 bridgehead atoms. The predicted octanol–water partition coefficient (Wildman–Crippen LogP) is 1.26. The third-order valence-corrected chi connectivity index (χ3v) is 3.70. The number of nitriles is 1. The summed E-state index contributed by atoms with van der Waals surface area (Å²) in [6, 6.07) is 7.73. The predicted molar refractivity (Wildman–Crippen MR) is 74.9 cm³/mol. The van der Waals surface area contributed by atoms with Crippen LogP contribution >= 0.6 is 0 Å². The van der Waals surface area contributed by atoms with Gasteiger partial charge < -0.3 is 10.5 Å². The lowest BCUT2D eigenvalue weighted by atomic mass is 9.97. The molecule has 1 heterocycles. The molecule has 1 saturated heterocycles. The van der Waals surface area contributed by atoms with E-state index in [0.717, 1.165) is 31.5 Å². The Morgan fingerprint density at radius 3 is 3.05 bits per heavy atom. The lowest BCUT2D eigenvalue weighted by Crippen LogP contribution is -2.40. The first-order valence-corrected chi connectivity index (χ1v) is 6.72. The van der Waals surface area contributed by atoms with Gasteiger partial charge in [-0.25, -0.2) is 0 Å². The van der Waals surface area contributed by atoms with Crippen LogP contribution in [0.4, 0.5) is 0 Å². The average Bonchev–Trinajstić information content (AvgIpc) is 2.47. The minimum atomic E-state index is -0.220. The van der Waals surface area contributed by atoms with E-state index in [2.05, 4.69) is 11.0 Å². The molecule has 1 amide bonds. The number of likely N-dealkylation sites (tertiary alicyclic amines) is 1. The highest BCUT2D eigenvalue weighted by atomic mass is 16.5. The van der Waals surface area contributed by atoms with E-state index in [4.69, 9.17) is 15.7 Å². The molecular weight excluding hydrogens is 254 g/mol. The molecule has 1 aromatic rings. The number of nitrogens with two attached hydrogens (primary N) is 1. The van der Waals surface area contributed by atoms with Gasteiger partial charge in [0.15, 0.2) is 0 Å². The summed E-state index contributed by atoms with van der Waals surface area (Å²) in [4.78, 5) is 13.5. The third-order valence-electron chi connectivity index (χ3n) is 3.70. The number of amides is 1. The molecule has 0 saturated carbocycles. The van der Waals surface area contributed by atoms with Crippen LogP contribution < -0.4 is 10.5 Å². The van der Waals surface area contributed by atoms with Crippen LogP contribution in [-0.4, -0.2) is 31.0 Å². The molecule has 1 unspecified atom stereocenters. The van der Waals surface area contributed by atoms with Crippen LogP contribution in [0.2, 0.25) is 0 Å². The van der Waals surface area contributed by atoms with Crippen molar-refractivity contribution in [2.24, 2.45) is 11.7 Å². The van der Waals surface area contributed by atoms with Crippen molar-refractivity contribution >= 4 is 5.91 Å². The van der Waals surface area contributed by atoms with Gasteiger partial charge in [-0.2, -0.15) is 5.26 Å². The van der Waals surface area contributed by atoms with Crippen molar-refractivity contribution in [3.05, 3.63) is 29.3 Å². The van der Waals surface area contributed by atoms with E-state index in [-0.39, 0.29) is 11.8 Å². The molecule has 1 atom stereocenters. The molecule has 0 aromatic heterocycles. The Balaban J connectivity index is 2.06. The fourth-order valence-electron chi connectivity index (χ4n) is 2.63. The summed E-state index contributed by atoms with van der Waals surface area (Å²) in [5.74, 6) is 0.310. The van der Waals surface area contributed by atoms with E-state index in [9.17, 15) is 4.79 Å². The van der Waals surface area contributed by atoms with Gasteiger partial charge in [-0.1, -0.05) is 6.07 Å². The molecule has 106 valence electrons. The molecule has 20 heavy (non-hydrogen) atoms. The topological polar surface area (TPSA) is 79.3 Å². The molecule has 5 heteroatoms. The Kier molecular flexibility index (Phi) is 4.59. The Bertz CT molecular complexity index is 536. The van der Waals surface area contributed by atoms with Crippen molar-refractivity contribution in [2.45, 2.75) is 19.4 Å². The van der Waals surface area contributed by atoms with Crippen LogP contribution in [0.1, 0.15) is 24.0 Å². The zero-order valence-electron chi connectivity index (χ0n) is 11.6. The van der Waals surface area contributed by atoms with Gasteiger partial charge in [-0.05, 0) is 37.1 Å². The Labute approximate surface area is 118 Å². The van der Waals surface area contributed by atoms with Gasteiger partial charge in [0, 0.05) is 13.1 Å². The maximum absolute atomic E-state index is 11.3. The van der Waals surface area contributed by atoms with Crippen molar-refractivity contribution in [2.75, 3.05) is 20.2 Å². The number of piperidine rings is 1. The van der Waals surface area contributed by atoms with Gasteiger partial charge in [0.05, 0.1) is 18.6 Å². The minimum absolute atomic E-state index is 0.0579. The maximum atomic E-state index is 11.3. The highest BCUT2D eigenvalue weighted by Crippen LogP contribution is 2.22. The number of hydrogen-bond donors (Lipinski definition) is 1. The summed E-state index contributed by atoms with van der Waals surface area (Å²) < 4.78 is 5.13. The second-order valence-electron chi connectivity index (χ2n) is 5.12. The summed E-state index contributed by atoms with van der Waals surface area (Å²) >= 11 is 0. The largest absolute Gasteiger partial charge is 0.495 e. The number of nitrogens with zero attached hydrogens (tertiary/aromatic N) is 2. The lowest BCUT2D eigenvalue weighted by Gasteiger charge is -2.31. The first-order chi connectivity index (χ1) is 9.63. The Morgan fingerprint density at radius 2 is 2.40 bits per heavy atom. The highest BCUT2D eigenvalue weighted by Gasteiger charge is 2.23. The van der Waals surface area contributed by atoms with E-state index in [1.807, 2.05) is 18.2 Å². The zero-order chi connectivity index (χ0) is 14.5. The molecule has 2 rings (SSSR count). The summed E-state index contributed by atoms with van der Waals surface area (Å²) in [6.45, 7) is 2.38. The lowest BCUT2D eigenvalue weighted by molar-refractivity contribution is -0.123. The number of carbonyl (C=O) groups excluding carboxylic acids is 1. The molecule has 0 radical (unpaired) electrons. The monoisotopic (exact) mass is 273 g/mol. The maximum Gasteiger partial charge on any atom is 0.221 e. The summed E-state index contributed by atoms with van der Waals surface area (Å²) in [7, 11) is 1.55. The van der Waals surface area contributed by atoms with Gasteiger partial charge in [0.25, 0.3) is 0 Å². The fraction of sp³-hybridized carbons (Fsp3) is 0.467. The second kappa shape index (κ2) is 6.40. The first-order valence-electron chi connectivity index (χ1n) is 6.72. The molecule has 0 spiro atoms. The van der Waals surface area contributed by atoms with E-state index in [0.29, 0.717) is 17.9 Å². The second-order valence-corrected chi connectivity index (χ2v) is 5.12.